The number of Topliss-reactive ketones (excluding diaryl/α,β-unsaturated/α-hetero) is 1. The molecule has 0 N–H and O–H groups in total. The average Bonchev–Trinajstić information content (AvgIpc) is 2.28. The van der Waals surface area contributed by atoms with Crippen molar-refractivity contribution in [1.29, 1.82) is 0 Å². The largest absolute Gasteiger partial charge is 0.494 e. The number of rotatable bonds is 4. The van der Waals surface area contributed by atoms with Gasteiger partial charge in [-0.2, -0.15) is 0 Å². The van der Waals surface area contributed by atoms with Crippen molar-refractivity contribution >= 4 is 11.8 Å². The summed E-state index contributed by atoms with van der Waals surface area (Å²) < 4.78 is 35.6. The fourth-order valence-corrected chi connectivity index (χ4v) is 1.14. The summed E-state index contributed by atoms with van der Waals surface area (Å²) in [6.45, 7) is 0.482. The van der Waals surface area contributed by atoms with E-state index in [1.807, 2.05) is 0 Å². The molecule has 1 aromatic rings. The van der Waals surface area contributed by atoms with Gasteiger partial charge >= 0.3 is 5.97 Å². The normalized spacial score (nSPS) is 9.88. The van der Waals surface area contributed by atoms with Gasteiger partial charge in [0.15, 0.2) is 18.2 Å². The molecular formula is C11H10F2O4. The quantitative estimate of drug-likeness (QED) is 0.597. The van der Waals surface area contributed by atoms with E-state index in [-0.39, 0.29) is 5.75 Å². The van der Waals surface area contributed by atoms with Gasteiger partial charge in [0.05, 0.1) is 12.7 Å². The van der Waals surface area contributed by atoms with E-state index in [4.69, 9.17) is 0 Å². The monoisotopic (exact) mass is 244 g/mol. The van der Waals surface area contributed by atoms with Crippen LogP contribution in [0.1, 0.15) is 17.3 Å². The lowest BCUT2D eigenvalue weighted by Gasteiger charge is -2.06. The lowest BCUT2D eigenvalue weighted by Crippen LogP contribution is -2.14. The summed E-state index contributed by atoms with van der Waals surface area (Å²) in [6, 6.07) is 1.47. The first-order valence-corrected chi connectivity index (χ1v) is 4.65. The Kier molecular flexibility index (Phi) is 4.14. The number of ether oxygens (including phenoxy) is 2. The van der Waals surface area contributed by atoms with Crippen LogP contribution in [0, 0.1) is 11.6 Å². The Balaban J connectivity index is 2.94. The van der Waals surface area contributed by atoms with Crippen LogP contribution in [0.4, 0.5) is 8.78 Å². The minimum Gasteiger partial charge on any atom is -0.494 e. The highest BCUT2D eigenvalue weighted by atomic mass is 19.1. The summed E-state index contributed by atoms with van der Waals surface area (Å²) >= 11 is 0. The van der Waals surface area contributed by atoms with E-state index in [1.54, 1.807) is 0 Å². The van der Waals surface area contributed by atoms with Crippen LogP contribution in [-0.4, -0.2) is 25.5 Å². The molecule has 0 bridgehead atoms. The molecule has 1 aromatic carbocycles. The summed E-state index contributed by atoms with van der Waals surface area (Å²) in [6.07, 6.45) is 0. The van der Waals surface area contributed by atoms with Crippen molar-refractivity contribution < 1.29 is 27.8 Å². The van der Waals surface area contributed by atoms with Gasteiger partial charge in [0.25, 0.3) is 0 Å². The second-order valence-corrected chi connectivity index (χ2v) is 3.17. The maximum atomic E-state index is 13.4. The number of methoxy groups -OCH3 is 1. The molecule has 0 fully saturated rings. The van der Waals surface area contributed by atoms with Crippen LogP contribution in [0.2, 0.25) is 0 Å². The summed E-state index contributed by atoms with van der Waals surface area (Å²) in [5, 5.41) is 0. The molecule has 0 spiro atoms. The van der Waals surface area contributed by atoms with Crippen molar-refractivity contribution in [3.8, 4) is 5.75 Å². The van der Waals surface area contributed by atoms with Crippen molar-refractivity contribution in [2.75, 3.05) is 13.7 Å². The Labute approximate surface area is 96.1 Å². The highest BCUT2D eigenvalue weighted by Crippen LogP contribution is 2.21. The van der Waals surface area contributed by atoms with Crippen LogP contribution in [0.25, 0.3) is 0 Å². The number of carbonyl (C=O) groups excluding carboxylic acids is 2. The topological polar surface area (TPSA) is 52.6 Å². The van der Waals surface area contributed by atoms with Crippen molar-refractivity contribution in [2.24, 2.45) is 0 Å². The number of benzene rings is 1. The van der Waals surface area contributed by atoms with Gasteiger partial charge in [0.2, 0.25) is 5.78 Å². The fraction of sp³-hybridized carbons (Fsp3) is 0.273. The van der Waals surface area contributed by atoms with E-state index in [9.17, 15) is 18.4 Å². The van der Waals surface area contributed by atoms with E-state index in [0.717, 1.165) is 13.0 Å². The lowest BCUT2D eigenvalue weighted by atomic mass is 10.1. The molecule has 1 rings (SSSR count). The van der Waals surface area contributed by atoms with Gasteiger partial charge in [-0.25, -0.2) is 8.78 Å². The first-order valence-electron chi connectivity index (χ1n) is 4.65. The number of esters is 1. The third-order valence-electron chi connectivity index (χ3n) is 1.95. The number of halogens is 2. The molecule has 0 aliphatic heterocycles. The number of carbonyl (C=O) groups is 2. The second-order valence-electron chi connectivity index (χ2n) is 3.17. The van der Waals surface area contributed by atoms with Gasteiger partial charge in [-0.3, -0.25) is 9.59 Å². The molecule has 0 saturated carbocycles. The third kappa shape index (κ3) is 3.24. The maximum Gasteiger partial charge on any atom is 0.303 e. The Bertz CT molecular complexity index is 457. The highest BCUT2D eigenvalue weighted by Gasteiger charge is 2.17. The van der Waals surface area contributed by atoms with Crippen LogP contribution < -0.4 is 4.74 Å². The summed E-state index contributed by atoms with van der Waals surface area (Å²) in [4.78, 5) is 21.9. The Hall–Kier alpha value is -1.98. The Morgan fingerprint density at radius 2 is 1.88 bits per heavy atom. The Morgan fingerprint density at radius 3 is 2.41 bits per heavy atom. The fourth-order valence-electron chi connectivity index (χ4n) is 1.14. The minimum atomic E-state index is -0.930. The van der Waals surface area contributed by atoms with E-state index in [2.05, 4.69) is 9.47 Å². The summed E-state index contributed by atoms with van der Waals surface area (Å²) in [5.74, 6) is -3.58. The average molecular weight is 244 g/mol. The molecular weight excluding hydrogens is 234 g/mol. The van der Waals surface area contributed by atoms with Crippen molar-refractivity contribution in [3.05, 3.63) is 29.3 Å². The van der Waals surface area contributed by atoms with Crippen LogP contribution >= 0.6 is 0 Å². The van der Waals surface area contributed by atoms with Gasteiger partial charge in [-0.1, -0.05) is 0 Å². The van der Waals surface area contributed by atoms with Crippen LogP contribution in [0.5, 0.6) is 5.75 Å². The molecule has 0 atom stereocenters. The van der Waals surface area contributed by atoms with Crippen molar-refractivity contribution in [3.63, 3.8) is 0 Å². The smallest absolute Gasteiger partial charge is 0.303 e. The first kappa shape index (κ1) is 13.1. The molecule has 92 valence electrons. The van der Waals surface area contributed by atoms with Crippen molar-refractivity contribution in [2.45, 2.75) is 6.92 Å². The van der Waals surface area contributed by atoms with Gasteiger partial charge in [0, 0.05) is 13.0 Å². The molecule has 0 aromatic heterocycles. The molecule has 0 aliphatic rings. The zero-order valence-corrected chi connectivity index (χ0v) is 9.25. The first-order chi connectivity index (χ1) is 7.95. The molecule has 0 amide bonds. The minimum absolute atomic E-state index is 0.300. The molecule has 0 radical (unpaired) electrons. The zero-order valence-electron chi connectivity index (χ0n) is 9.25. The van der Waals surface area contributed by atoms with Crippen molar-refractivity contribution in [1.82, 2.24) is 0 Å². The third-order valence-corrected chi connectivity index (χ3v) is 1.95. The molecule has 0 aliphatic carbocycles. The van der Waals surface area contributed by atoms with Crippen LogP contribution in [-0.2, 0) is 9.53 Å². The molecule has 4 nitrogen and oxygen atoms in total. The predicted octanol–water partition coefficient (Wildman–Crippen LogP) is 1.72. The van der Waals surface area contributed by atoms with E-state index in [0.29, 0.717) is 6.07 Å². The molecule has 0 saturated heterocycles. The summed E-state index contributed by atoms with van der Waals surface area (Å²) in [7, 11) is 1.18. The van der Waals surface area contributed by atoms with E-state index < -0.39 is 35.6 Å². The van der Waals surface area contributed by atoms with Gasteiger partial charge in [-0.15, -0.1) is 0 Å². The standard InChI is InChI=1S/C11H10F2O4/c1-6(14)17-5-10(15)7-3-9(13)11(16-2)4-8(7)12/h3-4H,5H2,1-2H3. The van der Waals surface area contributed by atoms with Gasteiger partial charge in [0.1, 0.15) is 5.82 Å². The van der Waals surface area contributed by atoms with Gasteiger partial charge < -0.3 is 9.47 Å². The highest BCUT2D eigenvalue weighted by molar-refractivity contribution is 5.98. The Morgan fingerprint density at radius 1 is 1.24 bits per heavy atom. The number of ketones is 1. The molecule has 0 heterocycles. The van der Waals surface area contributed by atoms with E-state index in [1.165, 1.54) is 7.11 Å². The van der Waals surface area contributed by atoms with Crippen LogP contribution in [0.3, 0.4) is 0 Å². The van der Waals surface area contributed by atoms with E-state index >= 15 is 0 Å². The molecule has 17 heavy (non-hydrogen) atoms. The zero-order chi connectivity index (χ0) is 13.0. The molecule has 0 unspecified atom stereocenters. The number of hydrogen-bond acceptors (Lipinski definition) is 4. The van der Waals surface area contributed by atoms with Crippen LogP contribution in [0.15, 0.2) is 12.1 Å². The maximum absolute atomic E-state index is 13.4. The van der Waals surface area contributed by atoms with Gasteiger partial charge in [-0.05, 0) is 6.07 Å². The lowest BCUT2D eigenvalue weighted by molar-refractivity contribution is -0.139. The second kappa shape index (κ2) is 5.38. The SMILES string of the molecule is COc1cc(F)c(C(=O)COC(C)=O)cc1F. The number of hydrogen-bond donors (Lipinski definition) is 0. The predicted molar refractivity (Wildman–Crippen MR) is 53.9 cm³/mol. The summed E-state index contributed by atoms with van der Waals surface area (Å²) in [5.41, 5.74) is -0.482. The molecule has 6 heteroatoms.